The molecule has 0 aliphatic rings. The van der Waals surface area contributed by atoms with Gasteiger partial charge in [0.2, 0.25) is 0 Å². The molecule has 0 saturated heterocycles. The lowest BCUT2D eigenvalue weighted by Gasteiger charge is -2.03. The Morgan fingerprint density at radius 3 is 2.36 bits per heavy atom. The third kappa shape index (κ3) is 3.01. The van der Waals surface area contributed by atoms with E-state index in [1.54, 1.807) is 24.3 Å². The van der Waals surface area contributed by atoms with Crippen LogP contribution in [0.1, 0.15) is 5.56 Å². The first-order chi connectivity index (χ1) is 5.18. The Kier molecular flexibility index (Phi) is 3.05. The number of rotatable bonds is 2. The minimum Gasteiger partial charge on any atom is -0.772 e. The smallest absolute Gasteiger partial charge is 0.0406 e. The van der Waals surface area contributed by atoms with Crippen molar-refractivity contribution >= 4 is 22.7 Å². The maximum Gasteiger partial charge on any atom is 0.0406 e. The molecule has 60 valence electrons. The quantitative estimate of drug-likeness (QED) is 0.665. The lowest BCUT2D eigenvalue weighted by atomic mass is 10.2. The first-order valence-corrected chi connectivity index (χ1v) is 4.61. The summed E-state index contributed by atoms with van der Waals surface area (Å²) in [7, 11) is 0. The van der Waals surface area contributed by atoms with Crippen molar-refractivity contribution in [2.24, 2.45) is 0 Å². The summed E-state index contributed by atoms with van der Waals surface area (Å²) in [6.45, 7) is 0. The van der Waals surface area contributed by atoms with Gasteiger partial charge in [0.25, 0.3) is 0 Å². The molecule has 0 radical (unpaired) electrons. The molecule has 0 saturated carbocycles. The van der Waals surface area contributed by atoms with E-state index in [2.05, 4.69) is 0 Å². The minimum absolute atomic E-state index is 0.0527. The normalized spacial score (nSPS) is 12.9. The molecule has 1 rings (SSSR count). The highest BCUT2D eigenvalue weighted by Crippen LogP contribution is 2.10. The number of halogens is 1. The van der Waals surface area contributed by atoms with Gasteiger partial charge in [0.15, 0.2) is 0 Å². The molecule has 0 bridgehead atoms. The monoisotopic (exact) mass is 189 g/mol. The van der Waals surface area contributed by atoms with E-state index in [4.69, 9.17) is 11.6 Å². The Bertz CT molecular complexity index is 258. The van der Waals surface area contributed by atoms with Crippen molar-refractivity contribution in [3.8, 4) is 0 Å². The molecule has 0 amide bonds. The lowest BCUT2D eigenvalue weighted by molar-refractivity contribution is 0.536. The molecule has 0 spiro atoms. The van der Waals surface area contributed by atoms with Gasteiger partial charge in [-0.1, -0.05) is 34.8 Å². The second-order valence-corrected chi connectivity index (χ2v) is 3.41. The molecule has 1 atom stereocenters. The molecular formula is C7H6ClO2S-. The van der Waals surface area contributed by atoms with E-state index >= 15 is 0 Å². The van der Waals surface area contributed by atoms with Crippen molar-refractivity contribution in [1.29, 1.82) is 0 Å². The highest BCUT2D eigenvalue weighted by Gasteiger charge is 1.91. The number of hydrogen-bond acceptors (Lipinski definition) is 2. The molecule has 11 heavy (non-hydrogen) atoms. The Balaban J connectivity index is 2.74. The second-order valence-electron chi connectivity index (χ2n) is 2.07. The minimum atomic E-state index is -2.02. The fraction of sp³-hybridized carbons (Fsp3) is 0.143. The fourth-order valence-electron chi connectivity index (χ4n) is 0.717. The highest BCUT2D eigenvalue weighted by molar-refractivity contribution is 7.78. The Morgan fingerprint density at radius 2 is 1.91 bits per heavy atom. The Hall–Kier alpha value is -0.380. The fourth-order valence-corrected chi connectivity index (χ4v) is 1.31. The van der Waals surface area contributed by atoms with Gasteiger partial charge in [0.1, 0.15) is 0 Å². The molecule has 1 unspecified atom stereocenters. The van der Waals surface area contributed by atoms with Gasteiger partial charge in [0, 0.05) is 10.8 Å². The van der Waals surface area contributed by atoms with E-state index in [0.717, 1.165) is 5.56 Å². The Morgan fingerprint density at radius 1 is 1.36 bits per heavy atom. The van der Waals surface area contributed by atoms with Crippen LogP contribution >= 0.6 is 11.6 Å². The summed E-state index contributed by atoms with van der Waals surface area (Å²) in [4.78, 5) is 0. The zero-order valence-electron chi connectivity index (χ0n) is 5.62. The van der Waals surface area contributed by atoms with Gasteiger partial charge >= 0.3 is 0 Å². The SMILES string of the molecule is O=S([O-])Cc1ccc(Cl)cc1. The summed E-state index contributed by atoms with van der Waals surface area (Å²) in [5.74, 6) is 0.0527. The van der Waals surface area contributed by atoms with Gasteiger partial charge in [-0.15, -0.1) is 0 Å². The summed E-state index contributed by atoms with van der Waals surface area (Å²) >= 11 is 3.58. The van der Waals surface area contributed by atoms with Crippen molar-refractivity contribution in [3.63, 3.8) is 0 Å². The zero-order valence-corrected chi connectivity index (χ0v) is 7.19. The molecular weight excluding hydrogens is 184 g/mol. The van der Waals surface area contributed by atoms with Crippen molar-refractivity contribution in [2.75, 3.05) is 0 Å². The molecule has 1 aromatic rings. The van der Waals surface area contributed by atoms with Crippen LogP contribution in [0.15, 0.2) is 24.3 Å². The van der Waals surface area contributed by atoms with E-state index in [9.17, 15) is 8.76 Å². The van der Waals surface area contributed by atoms with E-state index < -0.39 is 11.1 Å². The number of hydrogen-bond donors (Lipinski definition) is 0. The molecule has 4 heteroatoms. The molecule has 2 nitrogen and oxygen atoms in total. The summed E-state index contributed by atoms with van der Waals surface area (Å²) in [5.41, 5.74) is 0.753. The average Bonchev–Trinajstić information content (AvgIpc) is 1.93. The topological polar surface area (TPSA) is 40.1 Å². The van der Waals surface area contributed by atoms with Gasteiger partial charge in [-0.25, -0.2) is 0 Å². The maximum absolute atomic E-state index is 10.2. The molecule has 0 aliphatic carbocycles. The first-order valence-electron chi connectivity index (χ1n) is 2.99. The van der Waals surface area contributed by atoms with Gasteiger partial charge in [-0.2, -0.15) is 0 Å². The molecule has 0 heterocycles. The average molecular weight is 190 g/mol. The molecule has 1 aromatic carbocycles. The lowest BCUT2D eigenvalue weighted by Crippen LogP contribution is -1.92. The third-order valence-corrected chi connectivity index (χ3v) is 2.02. The van der Waals surface area contributed by atoms with E-state index in [1.165, 1.54) is 0 Å². The van der Waals surface area contributed by atoms with Crippen molar-refractivity contribution in [2.45, 2.75) is 5.75 Å². The van der Waals surface area contributed by atoms with Crippen LogP contribution in [0.5, 0.6) is 0 Å². The van der Waals surface area contributed by atoms with Gasteiger partial charge < -0.3 is 4.55 Å². The van der Waals surface area contributed by atoms with Crippen LogP contribution in [0.3, 0.4) is 0 Å². The van der Waals surface area contributed by atoms with Crippen LogP contribution in [0, 0.1) is 0 Å². The third-order valence-electron chi connectivity index (χ3n) is 1.20. The van der Waals surface area contributed by atoms with Crippen molar-refractivity contribution < 1.29 is 8.76 Å². The van der Waals surface area contributed by atoms with Gasteiger partial charge in [-0.3, -0.25) is 4.21 Å². The van der Waals surface area contributed by atoms with Crippen LogP contribution in [0.25, 0.3) is 0 Å². The van der Waals surface area contributed by atoms with E-state index in [0.29, 0.717) is 5.02 Å². The molecule has 0 N–H and O–H groups in total. The second kappa shape index (κ2) is 3.85. The van der Waals surface area contributed by atoms with Gasteiger partial charge in [0.05, 0.1) is 0 Å². The first kappa shape index (κ1) is 8.71. The van der Waals surface area contributed by atoms with E-state index in [-0.39, 0.29) is 5.75 Å². The van der Waals surface area contributed by atoms with Crippen molar-refractivity contribution in [3.05, 3.63) is 34.9 Å². The summed E-state index contributed by atoms with van der Waals surface area (Å²) < 4.78 is 20.4. The molecule has 0 aliphatic heterocycles. The van der Waals surface area contributed by atoms with Gasteiger partial charge in [-0.05, 0) is 17.7 Å². The summed E-state index contributed by atoms with van der Waals surface area (Å²) in [6.07, 6.45) is 0. The van der Waals surface area contributed by atoms with Crippen LogP contribution < -0.4 is 0 Å². The predicted octanol–water partition coefficient (Wildman–Crippen LogP) is 1.72. The van der Waals surface area contributed by atoms with Crippen LogP contribution in [0.4, 0.5) is 0 Å². The van der Waals surface area contributed by atoms with Crippen LogP contribution in [0.2, 0.25) is 5.02 Å². The largest absolute Gasteiger partial charge is 0.772 e. The Labute approximate surface area is 72.5 Å². The summed E-state index contributed by atoms with van der Waals surface area (Å²) in [6, 6.07) is 6.73. The van der Waals surface area contributed by atoms with Crippen molar-refractivity contribution in [1.82, 2.24) is 0 Å². The maximum atomic E-state index is 10.2. The summed E-state index contributed by atoms with van der Waals surface area (Å²) in [5, 5.41) is 0.616. The van der Waals surface area contributed by atoms with Crippen LogP contribution in [-0.4, -0.2) is 8.76 Å². The highest BCUT2D eigenvalue weighted by atomic mass is 35.5. The van der Waals surface area contributed by atoms with Crippen LogP contribution in [-0.2, 0) is 16.8 Å². The molecule has 0 fully saturated rings. The van der Waals surface area contributed by atoms with E-state index in [1.807, 2.05) is 0 Å². The molecule has 0 aromatic heterocycles. The standard InChI is InChI=1S/C7H7ClO2S/c8-7-3-1-6(2-4-7)5-11(9)10/h1-4H,5H2,(H,9,10)/p-1. The predicted molar refractivity (Wildman–Crippen MR) is 44.1 cm³/mol. The number of benzene rings is 1. The zero-order chi connectivity index (χ0) is 8.27.